The van der Waals surface area contributed by atoms with Crippen molar-refractivity contribution in [3.8, 4) is 0 Å². The Balaban J connectivity index is 1.60. The first-order valence-electron chi connectivity index (χ1n) is 10.6. The van der Waals surface area contributed by atoms with E-state index in [1.54, 1.807) is 10.8 Å². The van der Waals surface area contributed by atoms with Crippen molar-refractivity contribution in [3.63, 3.8) is 0 Å². The summed E-state index contributed by atoms with van der Waals surface area (Å²) in [4.78, 5) is 35.8. The lowest BCUT2D eigenvalue weighted by atomic mass is 10.0. The number of anilines is 1. The number of pyridine rings is 1. The number of hydrogen-bond acceptors (Lipinski definition) is 6. The van der Waals surface area contributed by atoms with Crippen LogP contribution in [0.15, 0.2) is 52.5 Å². The maximum absolute atomic E-state index is 13.3. The van der Waals surface area contributed by atoms with Gasteiger partial charge in [-0.1, -0.05) is 51.6 Å². The number of hydrogen-bond donors (Lipinski definition) is 1. The van der Waals surface area contributed by atoms with Crippen LogP contribution in [-0.4, -0.2) is 26.2 Å². The van der Waals surface area contributed by atoms with E-state index in [1.165, 1.54) is 28.7 Å². The van der Waals surface area contributed by atoms with Crippen LogP contribution in [0.4, 0.5) is 5.69 Å². The molecule has 166 valence electrons. The van der Waals surface area contributed by atoms with E-state index in [0.717, 1.165) is 15.9 Å². The smallest absolute Gasteiger partial charge is 0.272 e. The molecule has 0 unspecified atom stereocenters. The molecule has 0 aliphatic rings. The molecule has 6 nitrogen and oxygen atoms in total. The summed E-state index contributed by atoms with van der Waals surface area (Å²) in [5.41, 5.74) is 2.58. The molecule has 0 saturated carbocycles. The average molecular weight is 467 g/mol. The summed E-state index contributed by atoms with van der Waals surface area (Å²) in [5.74, 6) is 0.751. The number of thiophene rings is 1. The van der Waals surface area contributed by atoms with Gasteiger partial charge in [0.05, 0.1) is 11.3 Å². The highest BCUT2D eigenvalue weighted by atomic mass is 32.2. The zero-order valence-electron chi connectivity index (χ0n) is 18.6. The van der Waals surface area contributed by atoms with Gasteiger partial charge in [-0.25, -0.2) is 9.97 Å². The Morgan fingerprint density at radius 3 is 2.59 bits per heavy atom. The molecule has 0 spiro atoms. The zero-order valence-corrected chi connectivity index (χ0v) is 20.2. The van der Waals surface area contributed by atoms with Gasteiger partial charge in [0.25, 0.3) is 5.56 Å². The number of thioether (sulfide) groups is 1. The molecule has 0 fully saturated rings. The zero-order chi connectivity index (χ0) is 22.8. The van der Waals surface area contributed by atoms with Crippen LogP contribution in [0.5, 0.6) is 0 Å². The van der Waals surface area contributed by atoms with Gasteiger partial charge >= 0.3 is 0 Å². The Bertz CT molecular complexity index is 1320. The molecule has 32 heavy (non-hydrogen) atoms. The van der Waals surface area contributed by atoms with Gasteiger partial charge in [0.2, 0.25) is 5.91 Å². The number of nitrogens with one attached hydrogen (secondary N) is 1. The van der Waals surface area contributed by atoms with Crippen LogP contribution in [0.3, 0.4) is 0 Å². The number of aromatic nitrogens is 3. The van der Waals surface area contributed by atoms with E-state index in [2.05, 4.69) is 38.0 Å². The Hall–Kier alpha value is -2.71. The van der Waals surface area contributed by atoms with Gasteiger partial charge in [0.15, 0.2) is 5.16 Å². The molecule has 0 bridgehead atoms. The number of amides is 1. The lowest BCUT2D eigenvalue weighted by Crippen LogP contribution is -2.25. The van der Waals surface area contributed by atoms with Crippen molar-refractivity contribution in [2.75, 3.05) is 11.1 Å². The van der Waals surface area contributed by atoms with Crippen LogP contribution < -0.4 is 10.9 Å². The molecule has 3 heterocycles. The van der Waals surface area contributed by atoms with Crippen LogP contribution in [0.25, 0.3) is 20.4 Å². The molecule has 4 aromatic rings. The fourth-order valence-corrected chi connectivity index (χ4v) is 5.29. The van der Waals surface area contributed by atoms with Crippen molar-refractivity contribution in [1.29, 1.82) is 0 Å². The Kier molecular flexibility index (Phi) is 6.62. The van der Waals surface area contributed by atoms with Crippen molar-refractivity contribution >= 4 is 55.1 Å². The molecule has 0 aliphatic carbocycles. The van der Waals surface area contributed by atoms with E-state index in [9.17, 15) is 9.59 Å². The van der Waals surface area contributed by atoms with Crippen molar-refractivity contribution in [3.05, 3.63) is 58.5 Å². The Morgan fingerprint density at radius 1 is 1.16 bits per heavy atom. The summed E-state index contributed by atoms with van der Waals surface area (Å²) >= 11 is 2.66. The van der Waals surface area contributed by atoms with E-state index in [1.807, 2.05) is 36.4 Å². The van der Waals surface area contributed by atoms with Crippen LogP contribution in [0.1, 0.15) is 39.2 Å². The summed E-state index contributed by atoms with van der Waals surface area (Å²) in [7, 11) is 0. The molecule has 0 atom stereocenters. The standard InChI is InChI=1S/C24H26N4O2S2/c1-14(2)12-28-23(30)21-20(18-6-5-11-25-22(18)32-21)27-24(28)31-13-19(29)26-17-9-7-16(8-10-17)15(3)4/h5-11,14-15H,12-13H2,1-4H3,(H,26,29). The van der Waals surface area contributed by atoms with E-state index in [0.29, 0.717) is 27.8 Å². The highest BCUT2D eigenvalue weighted by Crippen LogP contribution is 2.30. The summed E-state index contributed by atoms with van der Waals surface area (Å²) < 4.78 is 2.30. The predicted octanol–water partition coefficient (Wildman–Crippen LogP) is 5.52. The third-order valence-electron chi connectivity index (χ3n) is 5.06. The van der Waals surface area contributed by atoms with Crippen LogP contribution >= 0.6 is 23.1 Å². The minimum atomic E-state index is -0.130. The summed E-state index contributed by atoms with van der Waals surface area (Å²) in [6, 6.07) is 11.7. The molecule has 3 aromatic heterocycles. The predicted molar refractivity (Wildman–Crippen MR) is 134 cm³/mol. The van der Waals surface area contributed by atoms with Gasteiger partial charge in [-0.15, -0.1) is 11.3 Å². The molecule has 8 heteroatoms. The molecule has 4 rings (SSSR count). The van der Waals surface area contributed by atoms with E-state index >= 15 is 0 Å². The molecule has 1 N–H and O–H groups in total. The number of carbonyl (C=O) groups is 1. The second-order valence-corrected chi connectivity index (χ2v) is 10.4. The molecule has 1 aromatic carbocycles. The first-order valence-corrected chi connectivity index (χ1v) is 12.4. The molecule has 0 radical (unpaired) electrons. The molecule has 0 saturated heterocycles. The highest BCUT2D eigenvalue weighted by Gasteiger charge is 2.18. The lowest BCUT2D eigenvalue weighted by Gasteiger charge is -2.14. The normalized spacial score (nSPS) is 11.7. The third-order valence-corrected chi connectivity index (χ3v) is 7.13. The number of fused-ring (bicyclic) bond motifs is 3. The summed E-state index contributed by atoms with van der Waals surface area (Å²) in [6.07, 6.45) is 1.72. The van der Waals surface area contributed by atoms with Crippen LogP contribution in [0.2, 0.25) is 0 Å². The number of nitrogens with zero attached hydrogens (tertiary/aromatic N) is 3. The van der Waals surface area contributed by atoms with Gasteiger partial charge in [0.1, 0.15) is 9.53 Å². The van der Waals surface area contributed by atoms with Crippen molar-refractivity contribution < 1.29 is 4.79 Å². The van der Waals surface area contributed by atoms with Crippen molar-refractivity contribution in [1.82, 2.24) is 14.5 Å². The maximum Gasteiger partial charge on any atom is 0.272 e. The largest absolute Gasteiger partial charge is 0.325 e. The summed E-state index contributed by atoms with van der Waals surface area (Å²) in [5, 5.41) is 4.37. The van der Waals surface area contributed by atoms with Gasteiger partial charge in [-0.2, -0.15) is 0 Å². The lowest BCUT2D eigenvalue weighted by molar-refractivity contribution is -0.113. The first-order chi connectivity index (χ1) is 15.3. The maximum atomic E-state index is 13.3. The topological polar surface area (TPSA) is 76.9 Å². The molecule has 0 aliphatic heterocycles. The third kappa shape index (κ3) is 4.71. The van der Waals surface area contributed by atoms with Gasteiger partial charge in [-0.3, -0.25) is 14.2 Å². The van der Waals surface area contributed by atoms with E-state index < -0.39 is 0 Å². The molecular weight excluding hydrogens is 440 g/mol. The second-order valence-electron chi connectivity index (χ2n) is 8.45. The SMILES string of the molecule is CC(C)Cn1c(SCC(=O)Nc2ccc(C(C)C)cc2)nc2c(sc3ncccc32)c1=O. The van der Waals surface area contributed by atoms with E-state index in [-0.39, 0.29) is 23.1 Å². The molecule has 1 amide bonds. The Morgan fingerprint density at radius 2 is 1.91 bits per heavy atom. The first kappa shape index (κ1) is 22.5. The number of benzene rings is 1. The van der Waals surface area contributed by atoms with Crippen molar-refractivity contribution in [2.24, 2.45) is 5.92 Å². The van der Waals surface area contributed by atoms with Gasteiger partial charge < -0.3 is 5.32 Å². The van der Waals surface area contributed by atoms with E-state index in [4.69, 9.17) is 4.98 Å². The number of carbonyl (C=O) groups excluding carboxylic acids is 1. The highest BCUT2D eigenvalue weighted by molar-refractivity contribution is 7.99. The van der Waals surface area contributed by atoms with Crippen molar-refractivity contribution in [2.45, 2.75) is 45.3 Å². The van der Waals surface area contributed by atoms with Gasteiger partial charge in [-0.05, 0) is 41.7 Å². The second kappa shape index (κ2) is 9.42. The summed E-state index contributed by atoms with van der Waals surface area (Å²) in [6.45, 7) is 8.94. The average Bonchev–Trinajstić information content (AvgIpc) is 3.13. The minimum Gasteiger partial charge on any atom is -0.325 e. The quantitative estimate of drug-likeness (QED) is 0.287. The Labute approximate surface area is 195 Å². The minimum absolute atomic E-state index is 0.0705. The number of rotatable bonds is 7. The fourth-order valence-electron chi connectivity index (χ4n) is 3.46. The fraction of sp³-hybridized carbons (Fsp3) is 0.333. The van der Waals surface area contributed by atoms with Crippen LogP contribution in [0, 0.1) is 5.92 Å². The monoisotopic (exact) mass is 466 g/mol. The van der Waals surface area contributed by atoms with Crippen LogP contribution in [-0.2, 0) is 11.3 Å². The molecular formula is C24H26N4O2S2. The van der Waals surface area contributed by atoms with Gasteiger partial charge in [0, 0.05) is 23.8 Å².